The number of imidazole rings is 1. The Balaban J connectivity index is 1.59. The van der Waals surface area contributed by atoms with Crippen molar-refractivity contribution in [1.29, 1.82) is 0 Å². The number of carbonyl (C=O) groups excluding carboxylic acids is 1. The molecule has 0 unspecified atom stereocenters. The van der Waals surface area contributed by atoms with Crippen LogP contribution in [0.4, 0.5) is 5.69 Å². The van der Waals surface area contributed by atoms with Gasteiger partial charge in [-0.05, 0) is 38.0 Å². The summed E-state index contributed by atoms with van der Waals surface area (Å²) in [7, 11) is 0. The first-order valence-electron chi connectivity index (χ1n) is 8.23. The Hall–Kier alpha value is -3.42. The second-order valence-electron chi connectivity index (χ2n) is 6.24. The lowest BCUT2D eigenvalue weighted by Crippen LogP contribution is -2.27. The molecule has 1 N–H and O–H groups in total. The van der Waals surface area contributed by atoms with Crippen LogP contribution >= 0.6 is 0 Å². The van der Waals surface area contributed by atoms with Crippen LogP contribution in [0.25, 0.3) is 5.65 Å². The number of ether oxygens (including phenoxy) is 1. The summed E-state index contributed by atoms with van der Waals surface area (Å²) >= 11 is 0. The number of nitro benzene ring substituents is 1. The zero-order valence-corrected chi connectivity index (χ0v) is 14.0. The lowest BCUT2D eigenvalue weighted by atomic mass is 10.3. The normalized spacial score (nSPS) is 13.6. The highest BCUT2D eigenvalue weighted by Crippen LogP contribution is 2.26. The number of hydrogen-bond donors (Lipinski definition) is 1. The van der Waals surface area contributed by atoms with Crippen LogP contribution in [0.2, 0.25) is 0 Å². The number of pyridine rings is 1. The van der Waals surface area contributed by atoms with Gasteiger partial charge in [-0.1, -0.05) is 0 Å². The maximum absolute atomic E-state index is 12.4. The summed E-state index contributed by atoms with van der Waals surface area (Å²) in [4.78, 5) is 27.1. The Kier molecular flexibility index (Phi) is 3.80. The Morgan fingerprint density at radius 3 is 2.65 bits per heavy atom. The number of non-ortho nitro benzene ring substituents is 1. The number of nitrogens with one attached hydrogen (secondary N) is 1. The van der Waals surface area contributed by atoms with E-state index in [4.69, 9.17) is 4.74 Å². The van der Waals surface area contributed by atoms with Gasteiger partial charge in [-0.15, -0.1) is 0 Å². The topological polar surface area (TPSA) is 98.8 Å². The minimum Gasteiger partial charge on any atom is -0.457 e. The van der Waals surface area contributed by atoms with E-state index in [2.05, 4.69) is 10.3 Å². The number of nitrogens with zero attached hydrogens (tertiary/aromatic N) is 3. The summed E-state index contributed by atoms with van der Waals surface area (Å²) in [6.45, 7) is 1.80. The van der Waals surface area contributed by atoms with Crippen molar-refractivity contribution in [2.24, 2.45) is 0 Å². The number of hydrogen-bond acceptors (Lipinski definition) is 5. The van der Waals surface area contributed by atoms with Crippen LogP contribution in [0.1, 0.15) is 29.0 Å². The van der Waals surface area contributed by atoms with Gasteiger partial charge in [0.25, 0.3) is 11.6 Å². The fourth-order valence-electron chi connectivity index (χ4n) is 2.73. The molecule has 0 atom stereocenters. The van der Waals surface area contributed by atoms with Crippen LogP contribution < -0.4 is 10.1 Å². The summed E-state index contributed by atoms with van der Waals surface area (Å²) in [5.41, 5.74) is 1.77. The van der Waals surface area contributed by atoms with Gasteiger partial charge in [-0.25, -0.2) is 4.98 Å². The zero-order chi connectivity index (χ0) is 18.3. The van der Waals surface area contributed by atoms with E-state index in [1.54, 1.807) is 29.7 Å². The van der Waals surface area contributed by atoms with E-state index in [1.807, 2.05) is 0 Å². The number of nitro groups is 1. The van der Waals surface area contributed by atoms with E-state index in [1.165, 1.54) is 24.3 Å². The lowest BCUT2D eigenvalue weighted by molar-refractivity contribution is -0.384. The third kappa shape index (κ3) is 3.08. The highest BCUT2D eigenvalue weighted by atomic mass is 16.6. The van der Waals surface area contributed by atoms with E-state index < -0.39 is 4.92 Å². The van der Waals surface area contributed by atoms with Crippen molar-refractivity contribution < 1.29 is 14.5 Å². The van der Waals surface area contributed by atoms with Crippen molar-refractivity contribution in [3.05, 3.63) is 64.1 Å². The average molecular weight is 352 g/mol. The standard InChI is InChI=1S/C18H16N4O4/c1-11-17(18(23)20-12-2-3-12)21-9-8-15(10-16(21)19-11)26-14-6-4-13(5-7-14)22(24)25/h4-10,12H,2-3H2,1H3,(H,20,23). The number of carbonyl (C=O) groups is 1. The fourth-order valence-corrected chi connectivity index (χ4v) is 2.73. The van der Waals surface area contributed by atoms with Crippen molar-refractivity contribution >= 4 is 17.2 Å². The largest absolute Gasteiger partial charge is 0.457 e. The monoisotopic (exact) mass is 352 g/mol. The smallest absolute Gasteiger partial charge is 0.270 e. The van der Waals surface area contributed by atoms with Crippen molar-refractivity contribution in [2.75, 3.05) is 0 Å². The second-order valence-corrected chi connectivity index (χ2v) is 6.24. The Morgan fingerprint density at radius 2 is 2.00 bits per heavy atom. The fraction of sp³-hybridized carbons (Fsp3) is 0.222. The highest BCUT2D eigenvalue weighted by Gasteiger charge is 2.26. The molecule has 2 aromatic heterocycles. The van der Waals surface area contributed by atoms with Gasteiger partial charge < -0.3 is 10.1 Å². The molecule has 0 bridgehead atoms. The molecule has 1 aliphatic rings. The van der Waals surface area contributed by atoms with Crippen LogP contribution in [0, 0.1) is 17.0 Å². The Morgan fingerprint density at radius 1 is 1.27 bits per heavy atom. The molecule has 0 saturated heterocycles. The quantitative estimate of drug-likeness (QED) is 0.561. The Labute approximate surface area is 148 Å². The van der Waals surface area contributed by atoms with Crippen LogP contribution in [0.3, 0.4) is 0 Å². The predicted molar refractivity (Wildman–Crippen MR) is 93.6 cm³/mol. The summed E-state index contributed by atoms with van der Waals surface area (Å²) in [6, 6.07) is 9.56. The molecule has 26 heavy (non-hydrogen) atoms. The lowest BCUT2D eigenvalue weighted by Gasteiger charge is -2.07. The molecule has 0 spiro atoms. The Bertz CT molecular complexity index is 1010. The molecule has 4 rings (SSSR count). The van der Waals surface area contributed by atoms with Gasteiger partial charge in [0.2, 0.25) is 0 Å². The number of fused-ring (bicyclic) bond motifs is 1. The van der Waals surface area contributed by atoms with Crippen molar-refractivity contribution in [2.45, 2.75) is 25.8 Å². The van der Waals surface area contributed by atoms with E-state index in [9.17, 15) is 14.9 Å². The van der Waals surface area contributed by atoms with Crippen molar-refractivity contribution in [3.8, 4) is 11.5 Å². The molecule has 2 heterocycles. The van der Waals surface area contributed by atoms with Crippen LogP contribution in [-0.4, -0.2) is 26.3 Å². The van der Waals surface area contributed by atoms with E-state index in [0.29, 0.717) is 28.5 Å². The summed E-state index contributed by atoms with van der Waals surface area (Å²) in [6.07, 6.45) is 3.78. The zero-order valence-electron chi connectivity index (χ0n) is 14.0. The van der Waals surface area contributed by atoms with Gasteiger partial charge in [0.1, 0.15) is 22.8 Å². The molecule has 1 amide bonds. The minimum atomic E-state index is -0.461. The minimum absolute atomic E-state index is 0.00278. The molecule has 1 aliphatic carbocycles. The number of amides is 1. The van der Waals surface area contributed by atoms with Crippen LogP contribution in [0.15, 0.2) is 42.6 Å². The van der Waals surface area contributed by atoms with Gasteiger partial charge in [0.05, 0.1) is 10.6 Å². The molecular weight excluding hydrogens is 336 g/mol. The molecular formula is C18H16N4O4. The van der Waals surface area contributed by atoms with Gasteiger partial charge in [-0.2, -0.15) is 0 Å². The molecule has 3 aromatic rings. The molecule has 8 nitrogen and oxygen atoms in total. The molecule has 1 fully saturated rings. The predicted octanol–water partition coefficient (Wildman–Crippen LogP) is 3.24. The SMILES string of the molecule is Cc1nc2cc(Oc3ccc([N+](=O)[O-])cc3)ccn2c1C(=O)NC1CC1. The maximum atomic E-state index is 12.4. The summed E-state index contributed by atoms with van der Waals surface area (Å²) < 4.78 is 7.46. The first-order chi connectivity index (χ1) is 12.5. The summed E-state index contributed by atoms with van der Waals surface area (Å²) in [5, 5.41) is 13.7. The molecule has 0 radical (unpaired) electrons. The van der Waals surface area contributed by atoms with Crippen LogP contribution in [-0.2, 0) is 0 Å². The number of benzene rings is 1. The third-order valence-corrected chi connectivity index (χ3v) is 4.18. The van der Waals surface area contributed by atoms with Crippen molar-refractivity contribution in [3.63, 3.8) is 0 Å². The van der Waals surface area contributed by atoms with Gasteiger partial charge in [0, 0.05) is 30.4 Å². The van der Waals surface area contributed by atoms with E-state index in [0.717, 1.165) is 12.8 Å². The van der Waals surface area contributed by atoms with Gasteiger partial charge >= 0.3 is 0 Å². The second kappa shape index (κ2) is 6.14. The first kappa shape index (κ1) is 16.1. The van der Waals surface area contributed by atoms with Gasteiger partial charge in [0.15, 0.2) is 0 Å². The molecule has 1 saturated carbocycles. The molecule has 132 valence electrons. The first-order valence-corrected chi connectivity index (χ1v) is 8.23. The van der Waals surface area contributed by atoms with Crippen molar-refractivity contribution in [1.82, 2.24) is 14.7 Å². The highest BCUT2D eigenvalue weighted by molar-refractivity contribution is 5.95. The molecule has 1 aromatic carbocycles. The van der Waals surface area contributed by atoms with Crippen LogP contribution in [0.5, 0.6) is 11.5 Å². The number of rotatable bonds is 5. The average Bonchev–Trinajstić information content (AvgIpc) is 3.35. The number of aryl methyl sites for hydroxylation is 1. The molecule has 0 aliphatic heterocycles. The van der Waals surface area contributed by atoms with Gasteiger partial charge in [-0.3, -0.25) is 19.3 Å². The third-order valence-electron chi connectivity index (χ3n) is 4.18. The molecule has 8 heteroatoms. The maximum Gasteiger partial charge on any atom is 0.270 e. The summed E-state index contributed by atoms with van der Waals surface area (Å²) in [5.74, 6) is 0.891. The van der Waals surface area contributed by atoms with E-state index >= 15 is 0 Å². The number of aromatic nitrogens is 2. The van der Waals surface area contributed by atoms with E-state index in [-0.39, 0.29) is 17.6 Å².